The van der Waals surface area contributed by atoms with Crippen LogP contribution in [0.4, 0.5) is 5.82 Å². The van der Waals surface area contributed by atoms with Crippen molar-refractivity contribution in [3.63, 3.8) is 0 Å². The Kier molecular flexibility index (Phi) is 4.57. The summed E-state index contributed by atoms with van der Waals surface area (Å²) in [7, 11) is 1.87. The molecule has 2 rings (SSSR count). The number of thiophene rings is 1. The van der Waals surface area contributed by atoms with E-state index in [4.69, 9.17) is 0 Å². The second-order valence-corrected chi connectivity index (χ2v) is 6.39. The Morgan fingerprint density at radius 3 is 2.75 bits per heavy atom. The number of nitrogens with zero attached hydrogens (tertiary/aromatic N) is 3. The SMILES string of the molecule is CCN(Cc1nc(NC)c2ccsc2n1)CC(C)(C)O. The Balaban J connectivity index is 2.23. The second kappa shape index (κ2) is 6.03. The molecule has 0 saturated heterocycles. The molecule has 5 nitrogen and oxygen atoms in total. The van der Waals surface area contributed by atoms with Gasteiger partial charge < -0.3 is 10.4 Å². The smallest absolute Gasteiger partial charge is 0.146 e. The molecule has 0 spiro atoms. The van der Waals surface area contributed by atoms with Crippen LogP contribution in [-0.2, 0) is 6.54 Å². The summed E-state index contributed by atoms with van der Waals surface area (Å²) in [6, 6.07) is 2.03. The molecule has 0 atom stereocenters. The average molecular weight is 294 g/mol. The largest absolute Gasteiger partial charge is 0.389 e. The van der Waals surface area contributed by atoms with Crippen LogP contribution in [-0.4, -0.2) is 45.7 Å². The highest BCUT2D eigenvalue weighted by Crippen LogP contribution is 2.25. The molecule has 20 heavy (non-hydrogen) atoms. The summed E-state index contributed by atoms with van der Waals surface area (Å²) >= 11 is 1.62. The van der Waals surface area contributed by atoms with Crippen molar-refractivity contribution >= 4 is 27.4 Å². The fourth-order valence-corrected chi connectivity index (χ4v) is 2.97. The van der Waals surface area contributed by atoms with E-state index in [1.54, 1.807) is 11.3 Å². The van der Waals surface area contributed by atoms with Gasteiger partial charge in [-0.15, -0.1) is 11.3 Å². The topological polar surface area (TPSA) is 61.3 Å². The van der Waals surface area contributed by atoms with Gasteiger partial charge in [-0.05, 0) is 31.8 Å². The van der Waals surface area contributed by atoms with Gasteiger partial charge in [0.25, 0.3) is 0 Å². The van der Waals surface area contributed by atoms with Crippen LogP contribution in [0.2, 0.25) is 0 Å². The number of fused-ring (bicyclic) bond motifs is 1. The molecule has 0 amide bonds. The molecule has 0 aliphatic rings. The summed E-state index contributed by atoms with van der Waals surface area (Å²) in [5.41, 5.74) is -0.713. The number of likely N-dealkylation sites (N-methyl/N-ethyl adjacent to an activating group) is 1. The molecule has 2 heterocycles. The number of hydrogen-bond acceptors (Lipinski definition) is 6. The van der Waals surface area contributed by atoms with Gasteiger partial charge in [-0.25, -0.2) is 9.97 Å². The van der Waals surface area contributed by atoms with Gasteiger partial charge in [-0.2, -0.15) is 0 Å². The van der Waals surface area contributed by atoms with Crippen LogP contribution in [0.25, 0.3) is 10.2 Å². The quantitative estimate of drug-likeness (QED) is 0.856. The van der Waals surface area contributed by atoms with E-state index in [1.807, 2.05) is 32.3 Å². The molecule has 2 N–H and O–H groups in total. The fraction of sp³-hybridized carbons (Fsp3) is 0.571. The first-order valence-corrected chi connectivity index (χ1v) is 7.67. The van der Waals surface area contributed by atoms with Crippen LogP contribution in [0.15, 0.2) is 11.4 Å². The van der Waals surface area contributed by atoms with Crippen molar-refractivity contribution in [3.05, 3.63) is 17.3 Å². The zero-order valence-corrected chi connectivity index (χ0v) is 13.3. The van der Waals surface area contributed by atoms with Crippen molar-refractivity contribution in [3.8, 4) is 0 Å². The minimum atomic E-state index is -0.713. The molecular weight excluding hydrogens is 272 g/mol. The lowest BCUT2D eigenvalue weighted by Gasteiger charge is -2.27. The number of rotatable bonds is 6. The van der Waals surface area contributed by atoms with Gasteiger partial charge in [0.05, 0.1) is 17.5 Å². The first kappa shape index (κ1) is 15.2. The number of nitrogens with one attached hydrogen (secondary N) is 1. The Labute approximate surface area is 123 Å². The van der Waals surface area contributed by atoms with Crippen molar-refractivity contribution in [1.82, 2.24) is 14.9 Å². The van der Waals surface area contributed by atoms with Crippen LogP contribution in [0.1, 0.15) is 26.6 Å². The van der Waals surface area contributed by atoms with Crippen LogP contribution in [0, 0.1) is 0 Å². The summed E-state index contributed by atoms with van der Waals surface area (Å²) in [5, 5.41) is 16.2. The average Bonchev–Trinajstić information content (AvgIpc) is 2.83. The van der Waals surface area contributed by atoms with Crippen LogP contribution >= 0.6 is 11.3 Å². The van der Waals surface area contributed by atoms with E-state index in [-0.39, 0.29) is 0 Å². The molecule has 0 aliphatic carbocycles. The molecule has 0 saturated carbocycles. The van der Waals surface area contributed by atoms with Gasteiger partial charge in [0.1, 0.15) is 16.5 Å². The van der Waals surface area contributed by atoms with Crippen molar-refractivity contribution in [2.24, 2.45) is 0 Å². The minimum absolute atomic E-state index is 0.601. The molecular formula is C14H22N4OS. The summed E-state index contributed by atoms with van der Waals surface area (Å²) in [6.07, 6.45) is 0. The lowest BCUT2D eigenvalue weighted by atomic mass is 10.1. The molecule has 0 bridgehead atoms. The molecule has 6 heteroatoms. The maximum atomic E-state index is 9.94. The number of anilines is 1. The summed E-state index contributed by atoms with van der Waals surface area (Å²) in [4.78, 5) is 12.3. The maximum absolute atomic E-state index is 9.94. The third-order valence-electron chi connectivity index (χ3n) is 3.03. The Morgan fingerprint density at radius 2 is 2.15 bits per heavy atom. The van der Waals surface area contributed by atoms with Gasteiger partial charge in [0.15, 0.2) is 0 Å². The van der Waals surface area contributed by atoms with E-state index in [0.717, 1.165) is 28.4 Å². The van der Waals surface area contributed by atoms with Crippen molar-refractivity contribution in [2.45, 2.75) is 32.9 Å². The zero-order valence-electron chi connectivity index (χ0n) is 12.5. The zero-order chi connectivity index (χ0) is 14.8. The monoisotopic (exact) mass is 294 g/mol. The van der Waals surface area contributed by atoms with Crippen LogP contribution < -0.4 is 5.32 Å². The standard InChI is InChI=1S/C14H22N4OS/c1-5-18(9-14(2,3)19)8-11-16-12(15-4)10-6-7-20-13(10)17-11/h6-7,19H,5,8-9H2,1-4H3,(H,15,16,17). The number of hydrogen-bond donors (Lipinski definition) is 2. The molecule has 2 aromatic heterocycles. The van der Waals surface area contributed by atoms with E-state index in [9.17, 15) is 5.11 Å². The van der Waals surface area contributed by atoms with Gasteiger partial charge in [0, 0.05) is 13.6 Å². The highest BCUT2D eigenvalue weighted by atomic mass is 32.1. The van der Waals surface area contributed by atoms with Crippen molar-refractivity contribution < 1.29 is 5.11 Å². The first-order chi connectivity index (χ1) is 9.43. The highest BCUT2D eigenvalue weighted by molar-refractivity contribution is 7.16. The number of aromatic nitrogens is 2. The maximum Gasteiger partial charge on any atom is 0.146 e. The van der Waals surface area contributed by atoms with Gasteiger partial charge in [-0.1, -0.05) is 6.92 Å². The van der Waals surface area contributed by atoms with E-state index < -0.39 is 5.60 Å². The minimum Gasteiger partial charge on any atom is -0.389 e. The third-order valence-corrected chi connectivity index (χ3v) is 3.84. The Bertz CT molecular complexity index is 576. The van der Waals surface area contributed by atoms with E-state index in [1.165, 1.54) is 0 Å². The molecule has 0 aromatic carbocycles. The molecule has 0 unspecified atom stereocenters. The summed E-state index contributed by atoms with van der Waals surface area (Å²) in [6.45, 7) is 7.81. The Hall–Kier alpha value is -1.24. The predicted molar refractivity (Wildman–Crippen MR) is 84.2 cm³/mol. The van der Waals surface area contributed by atoms with E-state index in [2.05, 4.69) is 27.1 Å². The van der Waals surface area contributed by atoms with Crippen LogP contribution in [0.3, 0.4) is 0 Å². The predicted octanol–water partition coefficient (Wildman–Crippen LogP) is 2.33. The van der Waals surface area contributed by atoms with Crippen molar-refractivity contribution in [2.75, 3.05) is 25.5 Å². The van der Waals surface area contributed by atoms with Crippen LogP contribution in [0.5, 0.6) is 0 Å². The van der Waals surface area contributed by atoms with Crippen molar-refractivity contribution in [1.29, 1.82) is 0 Å². The van der Waals surface area contributed by atoms with E-state index in [0.29, 0.717) is 13.1 Å². The van der Waals surface area contributed by atoms with Gasteiger partial charge >= 0.3 is 0 Å². The molecule has 0 aliphatic heterocycles. The second-order valence-electron chi connectivity index (χ2n) is 5.49. The van der Waals surface area contributed by atoms with E-state index >= 15 is 0 Å². The Morgan fingerprint density at radius 1 is 1.40 bits per heavy atom. The van der Waals surface area contributed by atoms with Gasteiger partial charge in [0.2, 0.25) is 0 Å². The molecule has 0 fully saturated rings. The summed E-state index contributed by atoms with van der Waals surface area (Å²) < 4.78 is 0. The summed E-state index contributed by atoms with van der Waals surface area (Å²) in [5.74, 6) is 1.65. The molecule has 2 aromatic rings. The lowest BCUT2D eigenvalue weighted by Crippen LogP contribution is -2.38. The lowest BCUT2D eigenvalue weighted by molar-refractivity contribution is 0.0346. The normalized spacial score (nSPS) is 12.3. The fourth-order valence-electron chi connectivity index (χ4n) is 2.19. The highest BCUT2D eigenvalue weighted by Gasteiger charge is 2.18. The first-order valence-electron chi connectivity index (χ1n) is 6.79. The third kappa shape index (κ3) is 3.65. The number of aliphatic hydroxyl groups is 1. The van der Waals surface area contributed by atoms with Gasteiger partial charge in [-0.3, -0.25) is 4.90 Å². The molecule has 0 radical (unpaired) electrons. The molecule has 110 valence electrons.